The molecular weight excluding hydrogens is 319 g/mol. The van der Waals surface area contributed by atoms with Gasteiger partial charge in [0.1, 0.15) is 0 Å². The van der Waals surface area contributed by atoms with Crippen LogP contribution in [0.5, 0.6) is 5.75 Å². The Labute approximate surface area is 145 Å². The van der Waals surface area contributed by atoms with E-state index in [0.29, 0.717) is 12.1 Å². The number of halogens is 1. The van der Waals surface area contributed by atoms with Crippen molar-refractivity contribution in [1.29, 1.82) is 0 Å². The second kappa shape index (κ2) is 7.30. The van der Waals surface area contributed by atoms with Crippen molar-refractivity contribution in [3.8, 4) is 5.75 Å². The van der Waals surface area contributed by atoms with Crippen LogP contribution in [0.2, 0.25) is 0 Å². The lowest BCUT2D eigenvalue weighted by Gasteiger charge is -2.18. The molecule has 3 rings (SSSR count). The average Bonchev–Trinajstić information content (AvgIpc) is 2.61. The number of aryl methyl sites for hydroxylation is 1. The molecule has 0 radical (unpaired) electrons. The number of ether oxygens (including phenoxy) is 1. The minimum atomic E-state index is -0.794. The zero-order valence-corrected chi connectivity index (χ0v) is 14.1. The Morgan fingerprint density at radius 2 is 1.96 bits per heavy atom. The van der Waals surface area contributed by atoms with Gasteiger partial charge in [-0.05, 0) is 37.6 Å². The lowest BCUT2D eigenvalue weighted by Crippen LogP contribution is -2.32. The lowest BCUT2D eigenvalue weighted by atomic mass is 10.1. The molecule has 0 fully saturated rings. The normalized spacial score (nSPS) is 12.0. The molecule has 25 heavy (non-hydrogen) atoms. The van der Waals surface area contributed by atoms with Gasteiger partial charge in [-0.3, -0.25) is 9.78 Å². The van der Waals surface area contributed by atoms with Gasteiger partial charge in [0.25, 0.3) is 5.91 Å². The Hall–Kier alpha value is -2.95. The van der Waals surface area contributed by atoms with E-state index >= 15 is 0 Å². The summed E-state index contributed by atoms with van der Waals surface area (Å²) in [5.41, 5.74) is 2.20. The van der Waals surface area contributed by atoms with Gasteiger partial charge in [-0.2, -0.15) is 0 Å². The van der Waals surface area contributed by atoms with Crippen molar-refractivity contribution in [2.45, 2.75) is 26.4 Å². The Bertz CT molecular complexity index is 911. The van der Waals surface area contributed by atoms with Gasteiger partial charge in [0.2, 0.25) is 0 Å². The molecule has 0 bridgehead atoms. The molecule has 1 amide bonds. The summed E-state index contributed by atoms with van der Waals surface area (Å²) in [6, 6.07) is 15.5. The molecule has 5 heteroatoms. The van der Waals surface area contributed by atoms with Crippen molar-refractivity contribution >= 4 is 22.5 Å². The molecule has 2 aromatic carbocycles. The maximum atomic E-state index is 13.8. The molecule has 3 aromatic rings. The van der Waals surface area contributed by atoms with E-state index in [1.807, 2.05) is 38.1 Å². The number of rotatable bonds is 5. The highest BCUT2D eigenvalue weighted by Crippen LogP contribution is 2.23. The zero-order valence-electron chi connectivity index (χ0n) is 14.1. The van der Waals surface area contributed by atoms with E-state index in [4.69, 9.17) is 4.74 Å². The first kappa shape index (κ1) is 16.9. The van der Waals surface area contributed by atoms with Crippen LogP contribution in [0.3, 0.4) is 0 Å². The van der Waals surface area contributed by atoms with E-state index in [1.165, 1.54) is 12.1 Å². The first-order valence-electron chi connectivity index (χ1n) is 8.17. The zero-order chi connectivity index (χ0) is 17.8. The van der Waals surface area contributed by atoms with E-state index < -0.39 is 11.9 Å². The highest BCUT2D eigenvalue weighted by molar-refractivity contribution is 6.02. The fourth-order valence-corrected chi connectivity index (χ4v) is 2.57. The van der Waals surface area contributed by atoms with Crippen molar-refractivity contribution in [2.75, 3.05) is 5.32 Å². The van der Waals surface area contributed by atoms with Crippen LogP contribution in [0.25, 0.3) is 10.9 Å². The van der Waals surface area contributed by atoms with E-state index in [0.717, 1.165) is 16.6 Å². The molecule has 1 heterocycles. The quantitative estimate of drug-likeness (QED) is 0.746. The second-order valence-electron chi connectivity index (χ2n) is 5.76. The standard InChI is InChI=1S/C20H19FN2O2/c1-3-17(25-18-10-5-4-8-15(18)21)20(24)23-16-9-6-7-14-12-11-13(2)22-19(14)16/h4-12,17H,3H2,1-2H3,(H,23,24)/t17-/m0/s1. The summed E-state index contributed by atoms with van der Waals surface area (Å²) < 4.78 is 19.3. The summed E-state index contributed by atoms with van der Waals surface area (Å²) >= 11 is 0. The van der Waals surface area contributed by atoms with Crippen LogP contribution in [-0.2, 0) is 4.79 Å². The molecule has 1 atom stereocenters. The number of benzene rings is 2. The van der Waals surface area contributed by atoms with Crippen LogP contribution >= 0.6 is 0 Å². The van der Waals surface area contributed by atoms with Crippen LogP contribution in [0.1, 0.15) is 19.0 Å². The van der Waals surface area contributed by atoms with Gasteiger partial charge in [-0.1, -0.05) is 37.3 Å². The molecule has 0 saturated heterocycles. The van der Waals surface area contributed by atoms with Crippen LogP contribution in [0.4, 0.5) is 10.1 Å². The van der Waals surface area contributed by atoms with Gasteiger partial charge >= 0.3 is 0 Å². The number of para-hydroxylation sites is 2. The third kappa shape index (κ3) is 3.76. The minimum Gasteiger partial charge on any atom is -0.478 e. The number of aromatic nitrogens is 1. The monoisotopic (exact) mass is 338 g/mol. The number of hydrogen-bond donors (Lipinski definition) is 1. The van der Waals surface area contributed by atoms with Gasteiger partial charge in [0.15, 0.2) is 17.7 Å². The molecule has 0 saturated carbocycles. The van der Waals surface area contributed by atoms with E-state index in [9.17, 15) is 9.18 Å². The first-order valence-corrected chi connectivity index (χ1v) is 8.17. The number of amides is 1. The average molecular weight is 338 g/mol. The van der Waals surface area contributed by atoms with Gasteiger partial charge < -0.3 is 10.1 Å². The largest absolute Gasteiger partial charge is 0.478 e. The maximum absolute atomic E-state index is 13.8. The Morgan fingerprint density at radius 3 is 2.72 bits per heavy atom. The van der Waals surface area contributed by atoms with Crippen molar-refractivity contribution in [2.24, 2.45) is 0 Å². The SMILES string of the molecule is CC[C@H](Oc1ccccc1F)C(=O)Nc1cccc2ccc(C)nc12. The van der Waals surface area contributed by atoms with Gasteiger partial charge in [0, 0.05) is 11.1 Å². The topological polar surface area (TPSA) is 51.2 Å². The number of carbonyl (C=O) groups excluding carboxylic acids is 1. The lowest BCUT2D eigenvalue weighted by molar-refractivity contribution is -0.122. The van der Waals surface area contributed by atoms with Gasteiger partial charge in [-0.25, -0.2) is 4.39 Å². The molecule has 0 unspecified atom stereocenters. The first-order chi connectivity index (χ1) is 12.1. The van der Waals surface area contributed by atoms with Crippen molar-refractivity contribution in [1.82, 2.24) is 4.98 Å². The summed E-state index contributed by atoms with van der Waals surface area (Å²) in [5.74, 6) is -0.755. The Kier molecular flexibility index (Phi) is 4.93. The molecule has 4 nitrogen and oxygen atoms in total. The fraction of sp³-hybridized carbons (Fsp3) is 0.200. The third-order valence-corrected chi connectivity index (χ3v) is 3.89. The molecule has 0 aliphatic heterocycles. The summed E-state index contributed by atoms with van der Waals surface area (Å²) in [7, 11) is 0. The summed E-state index contributed by atoms with van der Waals surface area (Å²) in [6.07, 6.45) is -0.380. The van der Waals surface area contributed by atoms with Crippen molar-refractivity contribution in [3.63, 3.8) is 0 Å². The molecule has 0 aliphatic carbocycles. The molecular formula is C20H19FN2O2. The number of nitrogens with one attached hydrogen (secondary N) is 1. The number of anilines is 1. The summed E-state index contributed by atoms with van der Waals surface area (Å²) in [6.45, 7) is 3.71. The predicted molar refractivity (Wildman–Crippen MR) is 96.2 cm³/mol. The number of nitrogens with zero attached hydrogens (tertiary/aromatic N) is 1. The molecule has 128 valence electrons. The molecule has 0 spiro atoms. The Balaban J connectivity index is 1.83. The highest BCUT2D eigenvalue weighted by Gasteiger charge is 2.20. The number of pyridine rings is 1. The summed E-state index contributed by atoms with van der Waals surface area (Å²) in [4.78, 5) is 17.1. The fourth-order valence-electron chi connectivity index (χ4n) is 2.57. The van der Waals surface area contributed by atoms with Gasteiger partial charge in [0.05, 0.1) is 11.2 Å². The van der Waals surface area contributed by atoms with Gasteiger partial charge in [-0.15, -0.1) is 0 Å². The van der Waals surface area contributed by atoms with Crippen LogP contribution in [0.15, 0.2) is 54.6 Å². The van der Waals surface area contributed by atoms with Crippen LogP contribution in [0, 0.1) is 12.7 Å². The third-order valence-electron chi connectivity index (χ3n) is 3.89. The molecule has 0 aliphatic rings. The molecule has 1 N–H and O–H groups in total. The van der Waals surface area contributed by atoms with E-state index in [2.05, 4.69) is 10.3 Å². The smallest absolute Gasteiger partial charge is 0.265 e. The van der Waals surface area contributed by atoms with Crippen LogP contribution < -0.4 is 10.1 Å². The summed E-state index contributed by atoms with van der Waals surface area (Å²) in [5, 5.41) is 3.79. The minimum absolute atomic E-state index is 0.0661. The molecule has 1 aromatic heterocycles. The number of fused-ring (bicyclic) bond motifs is 1. The maximum Gasteiger partial charge on any atom is 0.265 e. The van der Waals surface area contributed by atoms with Crippen molar-refractivity contribution in [3.05, 3.63) is 66.1 Å². The highest BCUT2D eigenvalue weighted by atomic mass is 19.1. The van der Waals surface area contributed by atoms with Crippen LogP contribution in [-0.4, -0.2) is 17.0 Å². The second-order valence-corrected chi connectivity index (χ2v) is 5.76. The van der Waals surface area contributed by atoms with E-state index in [1.54, 1.807) is 18.2 Å². The number of hydrogen-bond acceptors (Lipinski definition) is 3. The van der Waals surface area contributed by atoms with E-state index in [-0.39, 0.29) is 11.7 Å². The predicted octanol–water partition coefficient (Wildman–Crippen LogP) is 4.48. The Morgan fingerprint density at radius 1 is 1.16 bits per heavy atom. The van der Waals surface area contributed by atoms with Crippen molar-refractivity contribution < 1.29 is 13.9 Å². The number of carbonyl (C=O) groups is 1.